The number of allylic oxidation sites excluding steroid dienone is 5. The zero-order chi connectivity index (χ0) is 17.1. The van der Waals surface area contributed by atoms with Gasteiger partial charge in [0, 0.05) is 5.92 Å². The molecule has 0 spiro atoms. The summed E-state index contributed by atoms with van der Waals surface area (Å²) in [6, 6.07) is 9.87. The Balaban J connectivity index is 2.55. The molecule has 23 heavy (non-hydrogen) atoms. The molecule has 0 aliphatic heterocycles. The Labute approximate surface area is 139 Å². The second-order valence-electron chi connectivity index (χ2n) is 5.17. The Hall–Kier alpha value is -1.69. The molecule has 2 N–H and O–H groups in total. The molecule has 0 saturated heterocycles. The number of sulfonamides is 1. The van der Waals surface area contributed by atoms with Gasteiger partial charge < -0.3 is 4.74 Å². The fourth-order valence-electron chi connectivity index (χ4n) is 1.98. The van der Waals surface area contributed by atoms with E-state index in [9.17, 15) is 8.42 Å². The number of primary sulfonamides is 1. The fourth-order valence-corrected chi connectivity index (χ4v) is 2.84. The molecule has 0 radical (unpaired) electrons. The summed E-state index contributed by atoms with van der Waals surface area (Å²) in [5, 5.41) is 5.27. The second kappa shape index (κ2) is 10.2. The normalized spacial score (nSPS) is 14.7. The minimum absolute atomic E-state index is 0.196. The highest BCUT2D eigenvalue weighted by Crippen LogP contribution is 2.17. The van der Waals surface area contributed by atoms with Crippen LogP contribution in [-0.4, -0.2) is 15.0 Å². The molecule has 0 aliphatic carbocycles. The predicted molar refractivity (Wildman–Crippen MR) is 95.0 cm³/mol. The third-order valence-electron chi connectivity index (χ3n) is 3.16. The first-order chi connectivity index (χ1) is 10.9. The molecular weight excluding hydrogens is 310 g/mol. The van der Waals surface area contributed by atoms with Gasteiger partial charge in [0.25, 0.3) is 0 Å². The van der Waals surface area contributed by atoms with Gasteiger partial charge in [-0.25, -0.2) is 13.6 Å². The van der Waals surface area contributed by atoms with Crippen LogP contribution in [-0.2, 0) is 21.4 Å². The van der Waals surface area contributed by atoms with Crippen LogP contribution < -0.4 is 5.14 Å². The van der Waals surface area contributed by atoms with E-state index in [2.05, 4.69) is 0 Å². The maximum Gasteiger partial charge on any atom is 0.234 e. The zero-order valence-corrected chi connectivity index (χ0v) is 14.5. The largest absolute Gasteiger partial charge is 0.373 e. The Bertz CT molecular complexity index is 646. The van der Waals surface area contributed by atoms with E-state index in [4.69, 9.17) is 9.88 Å². The van der Waals surface area contributed by atoms with Crippen molar-refractivity contribution in [3.63, 3.8) is 0 Å². The van der Waals surface area contributed by atoms with Crippen molar-refractivity contribution in [2.24, 2.45) is 11.1 Å². The average Bonchev–Trinajstić information content (AvgIpc) is 2.51. The van der Waals surface area contributed by atoms with Crippen molar-refractivity contribution in [1.29, 1.82) is 0 Å². The third-order valence-corrected chi connectivity index (χ3v) is 4.32. The molecule has 0 aromatic heterocycles. The molecule has 1 atom stereocenters. The Kier molecular flexibility index (Phi) is 8.55. The van der Waals surface area contributed by atoms with Crippen LogP contribution in [0.4, 0.5) is 0 Å². The van der Waals surface area contributed by atoms with Crippen LogP contribution in [0.3, 0.4) is 0 Å². The number of benzene rings is 1. The van der Waals surface area contributed by atoms with E-state index in [1.165, 1.54) is 0 Å². The van der Waals surface area contributed by atoms with Crippen LogP contribution in [0.25, 0.3) is 0 Å². The molecule has 0 saturated carbocycles. The summed E-state index contributed by atoms with van der Waals surface area (Å²) < 4.78 is 28.8. The van der Waals surface area contributed by atoms with Crippen LogP contribution in [0.5, 0.6) is 0 Å². The lowest BCUT2D eigenvalue weighted by atomic mass is 10.1. The molecule has 1 aromatic rings. The molecule has 0 aliphatic rings. The zero-order valence-electron chi connectivity index (χ0n) is 13.7. The molecule has 4 nitrogen and oxygen atoms in total. The summed E-state index contributed by atoms with van der Waals surface area (Å²) in [5.41, 5.74) is 1.10. The van der Waals surface area contributed by atoms with Crippen LogP contribution in [0.2, 0.25) is 0 Å². The van der Waals surface area contributed by atoms with Gasteiger partial charge in [-0.1, -0.05) is 68.5 Å². The maximum absolute atomic E-state index is 11.7. The van der Waals surface area contributed by atoms with E-state index in [1.54, 1.807) is 25.2 Å². The topological polar surface area (TPSA) is 69.4 Å². The van der Waals surface area contributed by atoms with Gasteiger partial charge in [0.15, 0.2) is 0 Å². The summed E-state index contributed by atoms with van der Waals surface area (Å²) in [6.45, 7) is 4.72. The van der Waals surface area contributed by atoms with Crippen LogP contribution in [0.1, 0.15) is 25.8 Å². The van der Waals surface area contributed by atoms with Crippen molar-refractivity contribution in [2.75, 3.05) is 6.61 Å². The molecule has 5 heteroatoms. The van der Waals surface area contributed by atoms with Crippen LogP contribution in [0, 0.1) is 5.92 Å². The maximum atomic E-state index is 11.7. The summed E-state index contributed by atoms with van der Waals surface area (Å²) in [5.74, 6) is -0.299. The minimum Gasteiger partial charge on any atom is -0.373 e. The lowest BCUT2D eigenvalue weighted by molar-refractivity contribution is 0.148. The van der Waals surface area contributed by atoms with E-state index < -0.39 is 10.0 Å². The van der Waals surface area contributed by atoms with Gasteiger partial charge in [-0.2, -0.15) is 0 Å². The van der Waals surface area contributed by atoms with Gasteiger partial charge in [-0.05, 0) is 18.1 Å². The molecule has 1 rings (SSSR count). The van der Waals surface area contributed by atoms with Gasteiger partial charge in [-0.15, -0.1) is 0 Å². The van der Waals surface area contributed by atoms with Crippen molar-refractivity contribution in [3.05, 3.63) is 71.2 Å². The molecule has 1 aromatic carbocycles. The number of ether oxygens (including phenoxy) is 1. The summed E-state index contributed by atoms with van der Waals surface area (Å²) >= 11 is 0. The highest BCUT2D eigenvalue weighted by molar-refractivity contribution is 7.93. The van der Waals surface area contributed by atoms with Gasteiger partial charge in [0.2, 0.25) is 10.0 Å². The standard InChI is InChI=1S/C18H25NO3S/c1-3-4-6-13-18(23(19,20)21)16(2)10-9-14-22-15-17-11-7-5-8-12-17/h4-13,16H,3,14-15H2,1-2H3,(H2,19,20,21)/b6-4?,10-9-,18-13?/t16-/m1/s1. The van der Waals surface area contributed by atoms with Crippen molar-refractivity contribution >= 4 is 10.0 Å². The highest BCUT2D eigenvalue weighted by Gasteiger charge is 2.16. The number of rotatable bonds is 9. The first-order valence-electron chi connectivity index (χ1n) is 7.63. The van der Waals surface area contributed by atoms with Gasteiger partial charge >= 0.3 is 0 Å². The second-order valence-corrected chi connectivity index (χ2v) is 6.73. The fraction of sp³-hybridized carbons (Fsp3) is 0.333. The van der Waals surface area contributed by atoms with Gasteiger partial charge in [-0.3, -0.25) is 0 Å². The summed E-state index contributed by atoms with van der Waals surface area (Å²) in [7, 11) is -3.71. The van der Waals surface area contributed by atoms with Crippen molar-refractivity contribution in [2.45, 2.75) is 26.9 Å². The van der Waals surface area contributed by atoms with E-state index in [-0.39, 0.29) is 10.8 Å². The van der Waals surface area contributed by atoms with Crippen molar-refractivity contribution in [1.82, 2.24) is 0 Å². The monoisotopic (exact) mass is 335 g/mol. The SMILES string of the molecule is CCC=CC=C([C@H](C)/C=C\COCc1ccccc1)S(N)(=O)=O. The number of hydrogen-bond donors (Lipinski definition) is 1. The molecule has 0 fully saturated rings. The Morgan fingerprint density at radius 2 is 1.96 bits per heavy atom. The van der Waals surface area contributed by atoms with E-state index in [1.807, 2.05) is 49.4 Å². The van der Waals surface area contributed by atoms with E-state index in [0.717, 1.165) is 12.0 Å². The molecular formula is C18H25NO3S. The number of nitrogens with two attached hydrogens (primary N) is 1. The van der Waals surface area contributed by atoms with E-state index >= 15 is 0 Å². The third kappa shape index (κ3) is 7.93. The van der Waals surface area contributed by atoms with Crippen molar-refractivity contribution < 1.29 is 13.2 Å². The molecule has 0 unspecified atom stereocenters. The molecule has 0 heterocycles. The van der Waals surface area contributed by atoms with E-state index in [0.29, 0.717) is 13.2 Å². The molecule has 0 amide bonds. The first-order valence-corrected chi connectivity index (χ1v) is 9.17. The average molecular weight is 335 g/mol. The molecule has 0 bridgehead atoms. The van der Waals surface area contributed by atoms with Gasteiger partial charge in [0.1, 0.15) is 0 Å². The van der Waals surface area contributed by atoms with Crippen molar-refractivity contribution in [3.8, 4) is 0 Å². The summed E-state index contributed by atoms with van der Waals surface area (Å²) in [6.07, 6.45) is 9.60. The first kappa shape index (κ1) is 19.4. The van der Waals surface area contributed by atoms with Gasteiger partial charge in [0.05, 0.1) is 18.1 Å². The molecule has 126 valence electrons. The minimum atomic E-state index is -3.71. The Morgan fingerprint density at radius 1 is 1.26 bits per heavy atom. The lowest BCUT2D eigenvalue weighted by Gasteiger charge is -2.09. The van der Waals surface area contributed by atoms with Crippen LogP contribution in [0.15, 0.2) is 65.6 Å². The quantitative estimate of drug-likeness (QED) is 0.426. The predicted octanol–water partition coefficient (Wildman–Crippen LogP) is 3.53. The smallest absolute Gasteiger partial charge is 0.234 e. The number of hydrogen-bond acceptors (Lipinski definition) is 3. The lowest BCUT2D eigenvalue weighted by Crippen LogP contribution is -2.18. The van der Waals surface area contributed by atoms with Crippen LogP contribution >= 0.6 is 0 Å². The summed E-state index contributed by atoms with van der Waals surface area (Å²) in [4.78, 5) is 0.196. The Morgan fingerprint density at radius 3 is 2.57 bits per heavy atom. The highest BCUT2D eigenvalue weighted by atomic mass is 32.2.